The summed E-state index contributed by atoms with van der Waals surface area (Å²) < 4.78 is 5.48. The molecule has 3 nitrogen and oxygen atoms in total. The number of aromatic nitrogens is 1. The number of anilines is 1. The largest absolute Gasteiger partial charge is 0.493 e. The van der Waals surface area contributed by atoms with Gasteiger partial charge in [0.2, 0.25) is 0 Å². The highest BCUT2D eigenvalue weighted by Gasteiger charge is 2.12. The fourth-order valence-electron chi connectivity index (χ4n) is 1.99. The molecule has 0 saturated heterocycles. The quantitative estimate of drug-likeness (QED) is 0.788. The lowest BCUT2D eigenvalue weighted by Crippen LogP contribution is -1.89. The van der Waals surface area contributed by atoms with Gasteiger partial charge in [0.05, 0.1) is 6.61 Å². The minimum absolute atomic E-state index is 0.550. The normalized spacial score (nSPS) is 13.2. The van der Waals surface area contributed by atoms with E-state index in [1.165, 1.54) is 11.1 Å². The SMILES string of the molecule is Nc1cc(-c2ccc3c(c2)CCO3)ccn1. The molecule has 3 rings (SSSR count). The van der Waals surface area contributed by atoms with Crippen molar-refractivity contribution < 1.29 is 4.74 Å². The van der Waals surface area contributed by atoms with Crippen LogP contribution in [0.25, 0.3) is 11.1 Å². The highest BCUT2D eigenvalue weighted by atomic mass is 16.5. The van der Waals surface area contributed by atoms with Gasteiger partial charge in [0.25, 0.3) is 0 Å². The first kappa shape index (κ1) is 9.21. The molecule has 0 unspecified atom stereocenters. The van der Waals surface area contributed by atoms with Gasteiger partial charge < -0.3 is 10.5 Å². The molecule has 0 bridgehead atoms. The van der Waals surface area contributed by atoms with Gasteiger partial charge in [-0.25, -0.2) is 4.98 Å². The molecule has 2 heterocycles. The second-order valence-corrected chi connectivity index (χ2v) is 3.89. The van der Waals surface area contributed by atoms with E-state index in [1.54, 1.807) is 6.20 Å². The fourth-order valence-corrected chi connectivity index (χ4v) is 1.99. The Kier molecular flexibility index (Phi) is 2.03. The minimum atomic E-state index is 0.550. The van der Waals surface area contributed by atoms with Crippen LogP contribution in [-0.4, -0.2) is 11.6 Å². The number of nitrogen functional groups attached to an aromatic ring is 1. The highest BCUT2D eigenvalue weighted by molar-refractivity contribution is 5.67. The smallest absolute Gasteiger partial charge is 0.123 e. The zero-order chi connectivity index (χ0) is 11.0. The van der Waals surface area contributed by atoms with Gasteiger partial charge in [0.1, 0.15) is 11.6 Å². The van der Waals surface area contributed by atoms with E-state index in [-0.39, 0.29) is 0 Å². The van der Waals surface area contributed by atoms with Crippen molar-refractivity contribution in [2.75, 3.05) is 12.3 Å². The van der Waals surface area contributed by atoms with E-state index in [4.69, 9.17) is 10.5 Å². The molecule has 1 aliphatic heterocycles. The van der Waals surface area contributed by atoms with Crippen LogP contribution in [0.1, 0.15) is 5.56 Å². The Bertz CT molecular complexity index is 537. The zero-order valence-electron chi connectivity index (χ0n) is 8.81. The molecular weight excluding hydrogens is 200 g/mol. The second kappa shape index (κ2) is 3.52. The number of ether oxygens (including phenoxy) is 1. The van der Waals surface area contributed by atoms with Gasteiger partial charge in [0.15, 0.2) is 0 Å². The molecule has 0 radical (unpaired) electrons. The monoisotopic (exact) mass is 212 g/mol. The molecule has 1 aromatic carbocycles. The number of hydrogen-bond acceptors (Lipinski definition) is 3. The Morgan fingerprint density at radius 2 is 2.00 bits per heavy atom. The molecular formula is C13H12N2O. The Morgan fingerprint density at radius 1 is 1.12 bits per heavy atom. The minimum Gasteiger partial charge on any atom is -0.493 e. The Balaban J connectivity index is 2.07. The van der Waals surface area contributed by atoms with Crippen LogP contribution in [0.15, 0.2) is 36.5 Å². The van der Waals surface area contributed by atoms with Crippen LogP contribution in [0.4, 0.5) is 5.82 Å². The number of benzene rings is 1. The lowest BCUT2D eigenvalue weighted by Gasteiger charge is -2.04. The molecule has 2 aromatic rings. The maximum atomic E-state index is 5.67. The van der Waals surface area contributed by atoms with Crippen molar-refractivity contribution in [2.45, 2.75) is 6.42 Å². The van der Waals surface area contributed by atoms with Crippen LogP contribution in [-0.2, 0) is 6.42 Å². The summed E-state index contributed by atoms with van der Waals surface area (Å²) in [6, 6.07) is 10.1. The number of nitrogens with zero attached hydrogens (tertiary/aromatic N) is 1. The lowest BCUT2D eigenvalue weighted by molar-refractivity contribution is 0.357. The van der Waals surface area contributed by atoms with Crippen molar-refractivity contribution in [2.24, 2.45) is 0 Å². The standard InChI is InChI=1S/C13H12N2O/c14-13-8-10(3-5-15-13)9-1-2-12-11(7-9)4-6-16-12/h1-3,5,7-8H,4,6H2,(H2,14,15). The summed E-state index contributed by atoms with van der Waals surface area (Å²) in [5.41, 5.74) is 9.21. The molecule has 0 fully saturated rings. The number of fused-ring (bicyclic) bond motifs is 1. The average Bonchev–Trinajstić information content (AvgIpc) is 2.75. The first-order chi connectivity index (χ1) is 7.83. The van der Waals surface area contributed by atoms with Gasteiger partial charge in [-0.05, 0) is 41.0 Å². The van der Waals surface area contributed by atoms with Crippen molar-refractivity contribution in [3.63, 3.8) is 0 Å². The molecule has 3 heteroatoms. The second-order valence-electron chi connectivity index (χ2n) is 3.89. The molecule has 16 heavy (non-hydrogen) atoms. The topological polar surface area (TPSA) is 48.1 Å². The first-order valence-electron chi connectivity index (χ1n) is 5.30. The first-order valence-corrected chi connectivity index (χ1v) is 5.30. The van der Waals surface area contributed by atoms with Gasteiger partial charge >= 0.3 is 0 Å². The number of nitrogens with two attached hydrogens (primary N) is 1. The third kappa shape index (κ3) is 1.50. The van der Waals surface area contributed by atoms with Crippen molar-refractivity contribution in [1.82, 2.24) is 4.98 Å². The van der Waals surface area contributed by atoms with E-state index in [2.05, 4.69) is 17.1 Å². The van der Waals surface area contributed by atoms with Crippen LogP contribution in [0, 0.1) is 0 Å². The molecule has 0 aliphatic carbocycles. The van der Waals surface area contributed by atoms with Crippen molar-refractivity contribution in [3.8, 4) is 16.9 Å². The highest BCUT2D eigenvalue weighted by Crippen LogP contribution is 2.30. The predicted molar refractivity (Wildman–Crippen MR) is 63.3 cm³/mol. The molecule has 1 aromatic heterocycles. The maximum Gasteiger partial charge on any atom is 0.123 e. The third-order valence-electron chi connectivity index (χ3n) is 2.80. The Labute approximate surface area is 93.9 Å². The van der Waals surface area contributed by atoms with Gasteiger partial charge in [-0.1, -0.05) is 6.07 Å². The summed E-state index contributed by atoms with van der Waals surface area (Å²) in [6.45, 7) is 0.789. The molecule has 0 atom stereocenters. The summed E-state index contributed by atoms with van der Waals surface area (Å²) in [5.74, 6) is 1.56. The van der Waals surface area contributed by atoms with Gasteiger partial charge in [-0.2, -0.15) is 0 Å². The van der Waals surface area contributed by atoms with Gasteiger partial charge in [-0.3, -0.25) is 0 Å². The predicted octanol–water partition coefficient (Wildman–Crippen LogP) is 2.27. The summed E-state index contributed by atoms with van der Waals surface area (Å²) in [6.07, 6.45) is 2.72. The van der Waals surface area contributed by atoms with Crippen LogP contribution in [0.5, 0.6) is 5.75 Å². The van der Waals surface area contributed by atoms with Crippen molar-refractivity contribution >= 4 is 5.82 Å². The van der Waals surface area contributed by atoms with Crippen LogP contribution in [0.2, 0.25) is 0 Å². The van der Waals surface area contributed by atoms with Gasteiger partial charge in [-0.15, -0.1) is 0 Å². The Hall–Kier alpha value is -2.03. The summed E-state index contributed by atoms with van der Waals surface area (Å²) >= 11 is 0. The van der Waals surface area contributed by atoms with Crippen molar-refractivity contribution in [1.29, 1.82) is 0 Å². The van der Waals surface area contributed by atoms with Crippen LogP contribution < -0.4 is 10.5 Å². The molecule has 2 N–H and O–H groups in total. The zero-order valence-corrected chi connectivity index (χ0v) is 8.81. The molecule has 0 amide bonds. The third-order valence-corrected chi connectivity index (χ3v) is 2.80. The lowest BCUT2D eigenvalue weighted by atomic mass is 10.0. The van der Waals surface area contributed by atoms with E-state index in [0.29, 0.717) is 5.82 Å². The fraction of sp³-hybridized carbons (Fsp3) is 0.154. The summed E-state index contributed by atoms with van der Waals surface area (Å²) in [5, 5.41) is 0. The average molecular weight is 212 g/mol. The van der Waals surface area contributed by atoms with Crippen LogP contribution in [0.3, 0.4) is 0 Å². The van der Waals surface area contributed by atoms with E-state index < -0.39 is 0 Å². The molecule has 1 aliphatic rings. The molecule has 0 spiro atoms. The van der Waals surface area contributed by atoms with E-state index in [9.17, 15) is 0 Å². The summed E-state index contributed by atoms with van der Waals surface area (Å²) in [4.78, 5) is 3.99. The van der Waals surface area contributed by atoms with E-state index in [0.717, 1.165) is 24.3 Å². The number of rotatable bonds is 1. The summed E-state index contributed by atoms with van der Waals surface area (Å²) in [7, 11) is 0. The van der Waals surface area contributed by atoms with E-state index >= 15 is 0 Å². The van der Waals surface area contributed by atoms with Crippen molar-refractivity contribution in [3.05, 3.63) is 42.1 Å². The Morgan fingerprint density at radius 3 is 2.88 bits per heavy atom. The van der Waals surface area contributed by atoms with Crippen LogP contribution >= 0.6 is 0 Å². The molecule has 80 valence electrons. The maximum absolute atomic E-state index is 5.67. The number of hydrogen-bond donors (Lipinski definition) is 1. The molecule has 0 saturated carbocycles. The number of pyridine rings is 1. The van der Waals surface area contributed by atoms with E-state index in [1.807, 2.05) is 18.2 Å². The van der Waals surface area contributed by atoms with Gasteiger partial charge in [0, 0.05) is 12.6 Å².